The predicted molar refractivity (Wildman–Crippen MR) is 58.5 cm³/mol. The van der Waals surface area contributed by atoms with Crippen LogP contribution in [0.5, 0.6) is 0 Å². The molecule has 0 aliphatic heterocycles. The van der Waals surface area contributed by atoms with Crippen LogP contribution in [0.4, 0.5) is 4.39 Å². The predicted octanol–water partition coefficient (Wildman–Crippen LogP) is 3.09. The fourth-order valence-corrected chi connectivity index (χ4v) is 1.64. The lowest BCUT2D eigenvalue weighted by Gasteiger charge is -2.04. The van der Waals surface area contributed by atoms with Crippen LogP contribution in [-0.4, -0.2) is 6.54 Å². The molecule has 1 nitrogen and oxygen atoms in total. The lowest BCUT2D eigenvalue weighted by molar-refractivity contribution is 0.608. The summed E-state index contributed by atoms with van der Waals surface area (Å²) < 4.78 is 13.6. The largest absolute Gasteiger partial charge is 0.312 e. The van der Waals surface area contributed by atoms with E-state index >= 15 is 0 Å². The van der Waals surface area contributed by atoms with Crippen LogP contribution in [0.15, 0.2) is 22.7 Å². The Morgan fingerprint density at radius 3 is 2.86 bits per heavy atom. The molecule has 3 heteroatoms. The van der Waals surface area contributed by atoms with Crippen molar-refractivity contribution >= 4 is 15.9 Å². The quantitative estimate of drug-likeness (QED) is 0.875. The summed E-state index contributed by atoms with van der Waals surface area (Å²) in [5, 5.41) is 3.33. The first-order valence-electron chi connectivity index (χ1n) is 4.90. The zero-order valence-electron chi connectivity index (χ0n) is 7.89. The van der Waals surface area contributed by atoms with Crippen molar-refractivity contribution in [2.45, 2.75) is 19.4 Å². The van der Waals surface area contributed by atoms with Crippen molar-refractivity contribution in [1.82, 2.24) is 5.32 Å². The minimum atomic E-state index is -0.185. The smallest absolute Gasteiger partial charge is 0.137 e. The molecule has 0 heterocycles. The molecule has 0 unspecified atom stereocenters. The number of benzene rings is 1. The molecular formula is C11H13BrFN. The minimum absolute atomic E-state index is 0.185. The molecule has 2 rings (SSSR count). The molecule has 1 saturated carbocycles. The van der Waals surface area contributed by atoms with Crippen LogP contribution in [0.2, 0.25) is 0 Å². The highest BCUT2D eigenvalue weighted by molar-refractivity contribution is 9.10. The van der Waals surface area contributed by atoms with Gasteiger partial charge in [-0.05, 0) is 58.9 Å². The fourth-order valence-electron chi connectivity index (χ4n) is 1.39. The van der Waals surface area contributed by atoms with E-state index < -0.39 is 0 Å². The Kier molecular flexibility index (Phi) is 3.19. The van der Waals surface area contributed by atoms with Crippen molar-refractivity contribution < 1.29 is 4.39 Å². The summed E-state index contributed by atoms with van der Waals surface area (Å²) in [4.78, 5) is 0. The lowest BCUT2D eigenvalue weighted by atomic mass is 10.2. The number of hydrogen-bond donors (Lipinski definition) is 1. The molecule has 0 bridgehead atoms. The summed E-state index contributed by atoms with van der Waals surface area (Å²) in [6.45, 7) is 1.83. The summed E-state index contributed by atoms with van der Waals surface area (Å²) in [5.41, 5.74) is 1.01. The van der Waals surface area contributed by atoms with E-state index in [1.165, 1.54) is 12.8 Å². The van der Waals surface area contributed by atoms with Gasteiger partial charge in [0.15, 0.2) is 0 Å². The molecule has 1 aromatic rings. The van der Waals surface area contributed by atoms with Crippen molar-refractivity contribution in [2.24, 2.45) is 5.92 Å². The maximum atomic E-state index is 13.1. The number of rotatable bonds is 4. The number of nitrogens with one attached hydrogen (secondary N) is 1. The second-order valence-corrected chi connectivity index (χ2v) is 4.68. The number of halogens is 2. The molecular weight excluding hydrogens is 245 g/mol. The van der Waals surface area contributed by atoms with Gasteiger partial charge >= 0.3 is 0 Å². The van der Waals surface area contributed by atoms with Crippen molar-refractivity contribution in [3.8, 4) is 0 Å². The Hall–Kier alpha value is -0.410. The fraction of sp³-hybridized carbons (Fsp3) is 0.455. The first kappa shape index (κ1) is 10.1. The molecule has 1 aliphatic rings. The van der Waals surface area contributed by atoms with E-state index in [-0.39, 0.29) is 5.82 Å². The molecule has 14 heavy (non-hydrogen) atoms. The monoisotopic (exact) mass is 257 g/mol. The molecule has 0 amide bonds. The van der Waals surface area contributed by atoms with E-state index in [0.29, 0.717) is 4.47 Å². The van der Waals surface area contributed by atoms with E-state index in [1.54, 1.807) is 12.1 Å². The van der Waals surface area contributed by atoms with Gasteiger partial charge in [0.25, 0.3) is 0 Å². The van der Waals surface area contributed by atoms with Crippen LogP contribution in [0, 0.1) is 11.7 Å². The third-order valence-electron chi connectivity index (χ3n) is 2.44. The average molecular weight is 258 g/mol. The van der Waals surface area contributed by atoms with E-state index in [0.717, 1.165) is 24.6 Å². The third kappa shape index (κ3) is 2.79. The van der Waals surface area contributed by atoms with E-state index in [4.69, 9.17) is 0 Å². The summed E-state index contributed by atoms with van der Waals surface area (Å²) in [6.07, 6.45) is 2.70. The van der Waals surface area contributed by atoms with Crippen molar-refractivity contribution in [3.63, 3.8) is 0 Å². The van der Waals surface area contributed by atoms with E-state index in [1.807, 2.05) is 6.07 Å². The molecule has 76 valence electrons. The highest BCUT2D eigenvalue weighted by Gasteiger charge is 2.20. The topological polar surface area (TPSA) is 12.0 Å². The molecule has 1 N–H and O–H groups in total. The van der Waals surface area contributed by atoms with Crippen LogP contribution in [0.3, 0.4) is 0 Å². The second kappa shape index (κ2) is 4.41. The minimum Gasteiger partial charge on any atom is -0.312 e. The molecule has 0 spiro atoms. The van der Waals surface area contributed by atoms with E-state index in [2.05, 4.69) is 21.2 Å². The van der Waals surface area contributed by atoms with Gasteiger partial charge in [0, 0.05) is 6.54 Å². The second-order valence-electron chi connectivity index (χ2n) is 3.82. The molecule has 0 atom stereocenters. The zero-order chi connectivity index (χ0) is 9.97. The zero-order valence-corrected chi connectivity index (χ0v) is 9.48. The van der Waals surface area contributed by atoms with Crippen LogP contribution in [0.1, 0.15) is 18.4 Å². The van der Waals surface area contributed by atoms with Crippen molar-refractivity contribution in [3.05, 3.63) is 34.1 Å². The Balaban J connectivity index is 1.85. The van der Waals surface area contributed by atoms with E-state index in [9.17, 15) is 4.39 Å². The normalized spacial score (nSPS) is 15.9. The molecule has 1 aliphatic carbocycles. The van der Waals surface area contributed by atoms with Gasteiger partial charge in [-0.1, -0.05) is 6.07 Å². The van der Waals surface area contributed by atoms with Crippen molar-refractivity contribution in [1.29, 1.82) is 0 Å². The van der Waals surface area contributed by atoms with Crippen LogP contribution in [-0.2, 0) is 6.54 Å². The summed E-state index contributed by atoms with van der Waals surface area (Å²) >= 11 is 3.14. The van der Waals surface area contributed by atoms with Gasteiger partial charge in [-0.15, -0.1) is 0 Å². The molecule has 0 saturated heterocycles. The van der Waals surface area contributed by atoms with Gasteiger partial charge in [0.2, 0.25) is 0 Å². The molecule has 1 fully saturated rings. The standard InChI is InChI=1S/C11H13BrFN/c12-10-4-3-9(5-11(10)13)7-14-6-8-1-2-8/h3-5,8,14H,1-2,6-7H2. The van der Waals surface area contributed by atoms with Gasteiger partial charge in [0.05, 0.1) is 4.47 Å². The average Bonchev–Trinajstić information content (AvgIpc) is 2.95. The SMILES string of the molecule is Fc1cc(CNCC2CC2)ccc1Br. The first-order chi connectivity index (χ1) is 6.75. The summed E-state index contributed by atoms with van der Waals surface area (Å²) in [6, 6.07) is 5.26. The summed E-state index contributed by atoms with van der Waals surface area (Å²) in [5.74, 6) is 0.686. The number of hydrogen-bond acceptors (Lipinski definition) is 1. The van der Waals surface area contributed by atoms with Gasteiger partial charge < -0.3 is 5.32 Å². The molecule has 0 aromatic heterocycles. The Morgan fingerprint density at radius 1 is 1.43 bits per heavy atom. The maximum absolute atomic E-state index is 13.1. The maximum Gasteiger partial charge on any atom is 0.137 e. The molecule has 1 aromatic carbocycles. The third-order valence-corrected chi connectivity index (χ3v) is 3.09. The van der Waals surface area contributed by atoms with Gasteiger partial charge in [-0.2, -0.15) is 0 Å². The Bertz CT molecular complexity index is 323. The van der Waals surface area contributed by atoms with Crippen LogP contribution in [0.25, 0.3) is 0 Å². The molecule has 0 radical (unpaired) electrons. The van der Waals surface area contributed by atoms with Gasteiger partial charge in [-0.3, -0.25) is 0 Å². The van der Waals surface area contributed by atoms with Crippen LogP contribution < -0.4 is 5.32 Å². The highest BCUT2D eigenvalue weighted by atomic mass is 79.9. The lowest BCUT2D eigenvalue weighted by Crippen LogP contribution is -2.16. The Morgan fingerprint density at radius 2 is 2.21 bits per heavy atom. The van der Waals surface area contributed by atoms with Gasteiger partial charge in [-0.25, -0.2) is 4.39 Å². The van der Waals surface area contributed by atoms with Crippen LogP contribution >= 0.6 is 15.9 Å². The summed E-state index contributed by atoms with van der Waals surface area (Å²) in [7, 11) is 0. The highest BCUT2D eigenvalue weighted by Crippen LogP contribution is 2.27. The van der Waals surface area contributed by atoms with Crippen molar-refractivity contribution in [2.75, 3.05) is 6.54 Å². The van der Waals surface area contributed by atoms with Gasteiger partial charge in [0.1, 0.15) is 5.82 Å². The Labute approximate surface area is 91.8 Å². The first-order valence-corrected chi connectivity index (χ1v) is 5.69.